The van der Waals surface area contributed by atoms with E-state index in [-0.39, 0.29) is 0 Å². The molecule has 0 aliphatic rings. The molecule has 2 aromatic heterocycles. The van der Waals surface area contributed by atoms with Crippen LogP contribution >= 0.6 is 12.2 Å². The summed E-state index contributed by atoms with van der Waals surface area (Å²) < 4.78 is 7.27. The van der Waals surface area contributed by atoms with E-state index in [4.69, 9.17) is 16.6 Å². The molecular weight excluding hydrogens is 320 g/mol. The zero-order valence-corrected chi connectivity index (χ0v) is 14.6. The quantitative estimate of drug-likeness (QED) is 0.695. The fraction of sp³-hybridized carbons (Fsp3) is 0.222. The molecule has 3 rings (SSSR count). The van der Waals surface area contributed by atoms with Crippen LogP contribution in [0.1, 0.15) is 22.7 Å². The average molecular weight is 340 g/mol. The molecule has 0 aliphatic heterocycles. The minimum absolute atomic E-state index is 0.564. The second kappa shape index (κ2) is 7.31. The molecule has 2 N–H and O–H groups in total. The summed E-state index contributed by atoms with van der Waals surface area (Å²) in [7, 11) is 0. The van der Waals surface area contributed by atoms with E-state index in [1.165, 1.54) is 5.56 Å². The Morgan fingerprint density at radius 1 is 1.21 bits per heavy atom. The molecule has 0 amide bonds. The van der Waals surface area contributed by atoms with Gasteiger partial charge in [-0.3, -0.25) is 4.68 Å². The molecule has 0 radical (unpaired) electrons. The molecular formula is C18H20N4OS. The van der Waals surface area contributed by atoms with Crippen molar-refractivity contribution in [3.05, 3.63) is 71.4 Å². The van der Waals surface area contributed by atoms with Gasteiger partial charge in [-0.25, -0.2) is 0 Å². The van der Waals surface area contributed by atoms with Crippen LogP contribution in [0, 0.1) is 13.8 Å². The monoisotopic (exact) mass is 340 g/mol. The summed E-state index contributed by atoms with van der Waals surface area (Å²) in [4.78, 5) is 0. The summed E-state index contributed by atoms with van der Waals surface area (Å²) in [5, 5.41) is 11.3. The predicted octanol–water partition coefficient (Wildman–Crippen LogP) is 3.63. The van der Waals surface area contributed by atoms with Crippen molar-refractivity contribution in [3.63, 3.8) is 0 Å². The topological polar surface area (TPSA) is 55.0 Å². The van der Waals surface area contributed by atoms with Crippen LogP contribution in [0.3, 0.4) is 0 Å². The van der Waals surface area contributed by atoms with Crippen LogP contribution < -0.4 is 10.6 Å². The zero-order chi connectivity index (χ0) is 16.9. The van der Waals surface area contributed by atoms with Crippen LogP contribution in [-0.2, 0) is 13.1 Å². The van der Waals surface area contributed by atoms with Crippen molar-refractivity contribution < 1.29 is 4.42 Å². The Morgan fingerprint density at radius 2 is 2.00 bits per heavy atom. The fourth-order valence-electron chi connectivity index (χ4n) is 2.46. The van der Waals surface area contributed by atoms with E-state index < -0.39 is 0 Å². The number of aromatic nitrogens is 2. The third kappa shape index (κ3) is 4.23. The summed E-state index contributed by atoms with van der Waals surface area (Å²) in [5.74, 6) is 0.847. The second-order valence-electron chi connectivity index (χ2n) is 5.67. The van der Waals surface area contributed by atoms with Gasteiger partial charge in [-0.05, 0) is 62.0 Å². The Labute approximate surface area is 146 Å². The minimum atomic E-state index is 0.564. The number of nitrogens with zero attached hydrogens (tertiary/aromatic N) is 2. The lowest BCUT2D eigenvalue weighted by molar-refractivity contribution is 0.503. The largest absolute Gasteiger partial charge is 0.467 e. The van der Waals surface area contributed by atoms with E-state index in [9.17, 15) is 0 Å². The molecule has 0 spiro atoms. The number of nitrogens with one attached hydrogen (secondary N) is 2. The smallest absolute Gasteiger partial charge is 0.171 e. The standard InChI is InChI=1S/C18H20N4OS/c1-13-10-14(2)22(21-13)12-15-5-7-16(8-6-15)20-18(24)19-11-17-4-3-9-23-17/h3-10H,11-12H2,1-2H3,(H2,19,20,24). The molecule has 0 unspecified atom stereocenters. The van der Waals surface area contributed by atoms with Crippen LogP contribution in [0.15, 0.2) is 53.1 Å². The van der Waals surface area contributed by atoms with Crippen LogP contribution in [0.4, 0.5) is 5.69 Å². The zero-order valence-electron chi connectivity index (χ0n) is 13.7. The van der Waals surface area contributed by atoms with Crippen LogP contribution in [0.5, 0.6) is 0 Å². The van der Waals surface area contributed by atoms with E-state index in [0.717, 1.165) is 29.4 Å². The van der Waals surface area contributed by atoms with E-state index in [0.29, 0.717) is 11.7 Å². The minimum Gasteiger partial charge on any atom is -0.467 e. The van der Waals surface area contributed by atoms with Gasteiger partial charge >= 0.3 is 0 Å². The van der Waals surface area contributed by atoms with Crippen molar-refractivity contribution >= 4 is 23.0 Å². The van der Waals surface area contributed by atoms with Gasteiger partial charge in [0.05, 0.1) is 25.0 Å². The normalized spacial score (nSPS) is 10.6. The third-order valence-corrected chi connectivity index (χ3v) is 3.90. The highest BCUT2D eigenvalue weighted by atomic mass is 32.1. The lowest BCUT2D eigenvalue weighted by Gasteiger charge is -2.10. The van der Waals surface area contributed by atoms with Crippen molar-refractivity contribution in [2.75, 3.05) is 5.32 Å². The molecule has 0 atom stereocenters. The lowest BCUT2D eigenvalue weighted by Crippen LogP contribution is -2.27. The summed E-state index contributed by atoms with van der Waals surface area (Å²) in [5.41, 5.74) is 4.35. The summed E-state index contributed by atoms with van der Waals surface area (Å²) >= 11 is 5.29. The Bertz CT molecular complexity index is 806. The molecule has 0 aliphatic carbocycles. The third-order valence-electron chi connectivity index (χ3n) is 3.65. The molecule has 0 saturated carbocycles. The van der Waals surface area contributed by atoms with Crippen molar-refractivity contribution in [2.45, 2.75) is 26.9 Å². The van der Waals surface area contributed by atoms with E-state index in [2.05, 4.69) is 40.9 Å². The van der Waals surface area contributed by atoms with Gasteiger partial charge in [-0.1, -0.05) is 12.1 Å². The first-order valence-corrected chi connectivity index (χ1v) is 8.18. The fourth-order valence-corrected chi connectivity index (χ4v) is 2.65. The number of aryl methyl sites for hydroxylation is 2. The number of furan rings is 1. The number of anilines is 1. The van der Waals surface area contributed by atoms with Gasteiger partial charge in [0.2, 0.25) is 0 Å². The lowest BCUT2D eigenvalue weighted by atomic mass is 10.2. The van der Waals surface area contributed by atoms with Crippen LogP contribution in [-0.4, -0.2) is 14.9 Å². The van der Waals surface area contributed by atoms with Crippen molar-refractivity contribution in [1.82, 2.24) is 15.1 Å². The molecule has 0 saturated heterocycles. The number of thiocarbonyl (C=S) groups is 1. The van der Waals surface area contributed by atoms with Gasteiger partial charge in [0.25, 0.3) is 0 Å². The number of hydrogen-bond donors (Lipinski definition) is 2. The van der Waals surface area contributed by atoms with Gasteiger partial charge in [-0.15, -0.1) is 0 Å². The first-order valence-electron chi connectivity index (χ1n) is 7.77. The maximum atomic E-state index is 5.29. The Balaban J connectivity index is 1.54. The van der Waals surface area contributed by atoms with Crippen molar-refractivity contribution in [2.24, 2.45) is 0 Å². The van der Waals surface area contributed by atoms with Crippen LogP contribution in [0.2, 0.25) is 0 Å². The molecule has 124 valence electrons. The second-order valence-corrected chi connectivity index (χ2v) is 6.08. The van der Waals surface area contributed by atoms with Gasteiger partial charge < -0.3 is 15.1 Å². The van der Waals surface area contributed by atoms with Gasteiger partial charge in [0.15, 0.2) is 5.11 Å². The first-order chi connectivity index (χ1) is 11.6. The predicted molar refractivity (Wildman–Crippen MR) is 99.0 cm³/mol. The Morgan fingerprint density at radius 3 is 2.62 bits per heavy atom. The molecule has 0 bridgehead atoms. The Hall–Kier alpha value is -2.60. The van der Waals surface area contributed by atoms with E-state index in [1.54, 1.807) is 6.26 Å². The molecule has 24 heavy (non-hydrogen) atoms. The summed E-state index contributed by atoms with van der Waals surface area (Å²) in [6.07, 6.45) is 1.65. The summed E-state index contributed by atoms with van der Waals surface area (Å²) in [6, 6.07) is 14.0. The van der Waals surface area contributed by atoms with Gasteiger partial charge in [0, 0.05) is 11.4 Å². The summed E-state index contributed by atoms with van der Waals surface area (Å²) in [6.45, 7) is 5.40. The van der Waals surface area contributed by atoms with Gasteiger partial charge in [0.1, 0.15) is 5.76 Å². The van der Waals surface area contributed by atoms with E-state index in [1.807, 2.05) is 35.9 Å². The maximum Gasteiger partial charge on any atom is 0.171 e. The molecule has 0 fully saturated rings. The van der Waals surface area contributed by atoms with Crippen molar-refractivity contribution in [3.8, 4) is 0 Å². The number of hydrogen-bond acceptors (Lipinski definition) is 3. The molecule has 3 aromatic rings. The molecule has 5 nitrogen and oxygen atoms in total. The SMILES string of the molecule is Cc1cc(C)n(Cc2ccc(NC(=S)NCc3ccco3)cc2)n1. The number of rotatable bonds is 5. The van der Waals surface area contributed by atoms with Crippen molar-refractivity contribution in [1.29, 1.82) is 0 Å². The highest BCUT2D eigenvalue weighted by molar-refractivity contribution is 7.80. The molecule has 6 heteroatoms. The Kier molecular flexibility index (Phi) is 4.96. The number of benzene rings is 1. The highest BCUT2D eigenvalue weighted by Gasteiger charge is 2.03. The van der Waals surface area contributed by atoms with Gasteiger partial charge in [-0.2, -0.15) is 5.10 Å². The first kappa shape index (κ1) is 16.3. The molecule has 2 heterocycles. The van der Waals surface area contributed by atoms with Crippen LogP contribution in [0.25, 0.3) is 0 Å². The maximum absolute atomic E-state index is 5.29. The van der Waals surface area contributed by atoms with E-state index >= 15 is 0 Å². The molecule has 1 aromatic carbocycles. The average Bonchev–Trinajstić information content (AvgIpc) is 3.17. The highest BCUT2D eigenvalue weighted by Crippen LogP contribution is 2.12.